The van der Waals surface area contributed by atoms with Crippen molar-refractivity contribution in [3.63, 3.8) is 0 Å². The van der Waals surface area contributed by atoms with Gasteiger partial charge in [-0.1, -0.05) is 0 Å². The Morgan fingerprint density at radius 1 is 1.32 bits per heavy atom. The summed E-state index contributed by atoms with van der Waals surface area (Å²) in [7, 11) is 1.63. The van der Waals surface area contributed by atoms with Crippen molar-refractivity contribution in [3.05, 3.63) is 29.6 Å². The van der Waals surface area contributed by atoms with E-state index in [-0.39, 0.29) is 11.8 Å². The fourth-order valence-corrected chi connectivity index (χ4v) is 2.47. The Labute approximate surface area is 130 Å². The van der Waals surface area contributed by atoms with Crippen LogP contribution in [0.4, 0.5) is 0 Å². The van der Waals surface area contributed by atoms with E-state index in [1.165, 1.54) is 12.6 Å². The van der Waals surface area contributed by atoms with Crippen LogP contribution in [-0.2, 0) is 4.74 Å². The maximum Gasteiger partial charge on any atom is 0.272 e. The molecule has 1 aliphatic heterocycles. The average molecular weight is 305 g/mol. The van der Waals surface area contributed by atoms with Gasteiger partial charge in [-0.15, -0.1) is 0 Å². The summed E-state index contributed by atoms with van der Waals surface area (Å²) in [4.78, 5) is 30.4. The highest BCUT2D eigenvalue weighted by Gasteiger charge is 2.20. The Morgan fingerprint density at radius 2 is 2.09 bits per heavy atom. The van der Waals surface area contributed by atoms with Crippen molar-refractivity contribution in [3.8, 4) is 0 Å². The zero-order valence-corrected chi connectivity index (χ0v) is 13.0. The largest absolute Gasteiger partial charge is 0.385 e. The molecule has 1 N–H and O–H groups in total. The van der Waals surface area contributed by atoms with E-state index in [0.717, 1.165) is 32.4 Å². The molecule has 0 bridgehead atoms. The number of ether oxygens (including phenoxy) is 1. The number of amides is 2. The third-order valence-electron chi connectivity index (χ3n) is 3.70. The van der Waals surface area contributed by atoms with Crippen LogP contribution in [0.3, 0.4) is 0 Å². The molecule has 0 unspecified atom stereocenters. The molecule has 120 valence electrons. The Bertz CT molecular complexity index is 513. The van der Waals surface area contributed by atoms with Gasteiger partial charge in [-0.25, -0.2) is 0 Å². The average Bonchev–Trinajstić information content (AvgIpc) is 2.59. The summed E-state index contributed by atoms with van der Waals surface area (Å²) >= 11 is 0. The maximum atomic E-state index is 12.4. The number of nitrogens with zero attached hydrogens (tertiary/aromatic N) is 2. The first-order valence-corrected chi connectivity index (χ1v) is 7.75. The second-order valence-corrected chi connectivity index (χ2v) is 5.38. The lowest BCUT2D eigenvalue weighted by Crippen LogP contribution is -2.36. The van der Waals surface area contributed by atoms with Gasteiger partial charge in [-0.2, -0.15) is 0 Å². The highest BCUT2D eigenvalue weighted by molar-refractivity contribution is 5.98. The summed E-state index contributed by atoms with van der Waals surface area (Å²) < 4.78 is 4.94. The second kappa shape index (κ2) is 8.48. The van der Waals surface area contributed by atoms with E-state index in [0.29, 0.717) is 24.4 Å². The molecular weight excluding hydrogens is 282 g/mol. The van der Waals surface area contributed by atoms with E-state index in [1.807, 2.05) is 4.90 Å². The highest BCUT2D eigenvalue weighted by Crippen LogP contribution is 2.12. The topological polar surface area (TPSA) is 71.5 Å². The summed E-state index contributed by atoms with van der Waals surface area (Å²) in [5.41, 5.74) is 0.805. The van der Waals surface area contributed by atoms with E-state index < -0.39 is 0 Å². The van der Waals surface area contributed by atoms with E-state index in [2.05, 4.69) is 10.3 Å². The van der Waals surface area contributed by atoms with Crippen molar-refractivity contribution >= 4 is 11.8 Å². The molecule has 22 heavy (non-hydrogen) atoms. The van der Waals surface area contributed by atoms with Crippen molar-refractivity contribution in [2.75, 3.05) is 33.4 Å². The van der Waals surface area contributed by atoms with Crippen LogP contribution in [0.1, 0.15) is 46.5 Å². The Balaban J connectivity index is 1.96. The molecule has 0 atom stereocenters. The molecule has 0 aromatic carbocycles. The number of piperidine rings is 1. The number of carbonyl (C=O) groups excluding carboxylic acids is 2. The van der Waals surface area contributed by atoms with Gasteiger partial charge in [-0.05, 0) is 37.8 Å². The maximum absolute atomic E-state index is 12.4. The van der Waals surface area contributed by atoms with E-state index in [1.54, 1.807) is 19.2 Å². The lowest BCUT2D eigenvalue weighted by molar-refractivity contribution is 0.0718. The van der Waals surface area contributed by atoms with Crippen LogP contribution in [0.15, 0.2) is 18.3 Å². The van der Waals surface area contributed by atoms with Gasteiger partial charge in [0.05, 0.1) is 0 Å². The van der Waals surface area contributed by atoms with Crippen LogP contribution in [-0.4, -0.2) is 55.0 Å². The molecule has 6 nitrogen and oxygen atoms in total. The van der Waals surface area contributed by atoms with Gasteiger partial charge in [0.15, 0.2) is 0 Å². The molecule has 6 heteroatoms. The number of nitrogens with one attached hydrogen (secondary N) is 1. The number of hydrogen-bond acceptors (Lipinski definition) is 4. The third kappa shape index (κ3) is 4.53. The number of hydrogen-bond donors (Lipinski definition) is 1. The number of carbonyl (C=O) groups is 2. The molecular formula is C16H23N3O3. The molecule has 0 radical (unpaired) electrons. The van der Waals surface area contributed by atoms with Crippen LogP contribution in [0.25, 0.3) is 0 Å². The third-order valence-corrected chi connectivity index (χ3v) is 3.70. The van der Waals surface area contributed by atoms with Gasteiger partial charge < -0.3 is 15.0 Å². The molecule has 2 heterocycles. The van der Waals surface area contributed by atoms with Crippen molar-refractivity contribution in [1.82, 2.24) is 15.2 Å². The minimum Gasteiger partial charge on any atom is -0.385 e. The lowest BCUT2D eigenvalue weighted by atomic mass is 10.1. The number of rotatable bonds is 6. The molecule has 2 rings (SSSR count). The molecule has 1 fully saturated rings. The van der Waals surface area contributed by atoms with Crippen molar-refractivity contribution in [1.29, 1.82) is 0 Å². The highest BCUT2D eigenvalue weighted by atomic mass is 16.5. The molecule has 0 spiro atoms. The molecule has 2 amide bonds. The lowest BCUT2D eigenvalue weighted by Gasteiger charge is -2.26. The van der Waals surface area contributed by atoms with Gasteiger partial charge in [0.1, 0.15) is 5.69 Å². The molecule has 1 aromatic rings. The normalized spacial score (nSPS) is 14.7. The Morgan fingerprint density at radius 3 is 2.82 bits per heavy atom. The SMILES string of the molecule is COCCCNC(=O)c1ccnc(C(=O)N2CCCCC2)c1. The summed E-state index contributed by atoms with van der Waals surface area (Å²) in [6.07, 6.45) is 5.51. The first-order chi connectivity index (χ1) is 10.7. The molecule has 1 aromatic heterocycles. The van der Waals surface area contributed by atoms with Gasteiger partial charge in [0.25, 0.3) is 11.8 Å². The summed E-state index contributed by atoms with van der Waals surface area (Å²) in [5.74, 6) is -0.278. The number of methoxy groups -OCH3 is 1. The van der Waals surface area contributed by atoms with Crippen LogP contribution in [0.2, 0.25) is 0 Å². The minimum absolute atomic E-state index is 0.0891. The van der Waals surface area contributed by atoms with Gasteiger partial charge in [-0.3, -0.25) is 14.6 Å². The summed E-state index contributed by atoms with van der Waals surface area (Å²) in [6, 6.07) is 3.20. The molecule has 1 aliphatic rings. The number of likely N-dealkylation sites (tertiary alicyclic amines) is 1. The first-order valence-electron chi connectivity index (χ1n) is 7.75. The minimum atomic E-state index is -0.189. The van der Waals surface area contributed by atoms with E-state index in [9.17, 15) is 9.59 Å². The Kier molecular flexibility index (Phi) is 6.33. The summed E-state index contributed by atoms with van der Waals surface area (Å²) in [6.45, 7) is 2.70. The number of pyridine rings is 1. The molecule has 1 saturated heterocycles. The first kappa shape index (κ1) is 16.4. The van der Waals surface area contributed by atoms with Gasteiger partial charge in [0, 0.05) is 45.1 Å². The predicted octanol–water partition coefficient (Wildman–Crippen LogP) is 1.47. The van der Waals surface area contributed by atoms with E-state index >= 15 is 0 Å². The fourth-order valence-electron chi connectivity index (χ4n) is 2.47. The molecule has 0 saturated carbocycles. The monoisotopic (exact) mass is 305 g/mol. The van der Waals surface area contributed by atoms with Gasteiger partial charge >= 0.3 is 0 Å². The Hall–Kier alpha value is -1.95. The van der Waals surface area contributed by atoms with Gasteiger partial charge in [0.2, 0.25) is 0 Å². The second-order valence-electron chi connectivity index (χ2n) is 5.38. The van der Waals surface area contributed by atoms with Crippen LogP contribution >= 0.6 is 0 Å². The zero-order chi connectivity index (χ0) is 15.8. The fraction of sp³-hybridized carbons (Fsp3) is 0.562. The van der Waals surface area contributed by atoms with Crippen molar-refractivity contribution in [2.45, 2.75) is 25.7 Å². The van der Waals surface area contributed by atoms with Crippen molar-refractivity contribution < 1.29 is 14.3 Å². The standard InChI is InChI=1S/C16H23N3O3/c1-22-11-5-7-18-15(20)13-6-8-17-14(12-13)16(21)19-9-3-2-4-10-19/h6,8,12H,2-5,7,9-11H2,1H3,(H,18,20). The number of aromatic nitrogens is 1. The summed E-state index contributed by atoms with van der Waals surface area (Å²) in [5, 5.41) is 2.81. The predicted molar refractivity (Wildman–Crippen MR) is 82.8 cm³/mol. The quantitative estimate of drug-likeness (QED) is 0.808. The van der Waals surface area contributed by atoms with E-state index in [4.69, 9.17) is 4.74 Å². The zero-order valence-electron chi connectivity index (χ0n) is 13.0. The molecule has 0 aliphatic carbocycles. The van der Waals surface area contributed by atoms with Crippen LogP contribution in [0, 0.1) is 0 Å². The van der Waals surface area contributed by atoms with Crippen LogP contribution in [0.5, 0.6) is 0 Å². The van der Waals surface area contributed by atoms with Crippen LogP contribution < -0.4 is 5.32 Å². The smallest absolute Gasteiger partial charge is 0.272 e. The van der Waals surface area contributed by atoms with Crippen molar-refractivity contribution in [2.24, 2.45) is 0 Å².